The lowest BCUT2D eigenvalue weighted by molar-refractivity contribution is 0.877. The van der Waals surface area contributed by atoms with Crippen molar-refractivity contribution in [3.05, 3.63) is 66.5 Å². The van der Waals surface area contributed by atoms with Crippen LogP contribution in [0.15, 0.2) is 55.2 Å². The lowest BCUT2D eigenvalue weighted by Gasteiger charge is -2.07. The Morgan fingerprint density at radius 3 is 2.62 bits per heavy atom. The van der Waals surface area contributed by atoms with Crippen LogP contribution in [-0.4, -0.2) is 19.7 Å². The van der Waals surface area contributed by atoms with Gasteiger partial charge in [-0.3, -0.25) is 0 Å². The zero-order chi connectivity index (χ0) is 14.5. The van der Waals surface area contributed by atoms with Gasteiger partial charge in [-0.25, -0.2) is 14.6 Å². The normalized spacial score (nSPS) is 10.0. The Hall–Kier alpha value is -3.20. The lowest BCUT2D eigenvalue weighted by Crippen LogP contribution is -2.01. The minimum absolute atomic E-state index is 0.415. The molecule has 0 radical (unpaired) electrons. The first-order valence-corrected chi connectivity index (χ1v) is 6.39. The predicted octanol–water partition coefficient (Wildman–Crippen LogP) is 2.15. The fourth-order valence-corrected chi connectivity index (χ4v) is 1.88. The largest absolute Gasteiger partial charge is 0.380 e. The molecule has 2 aromatic heterocycles. The van der Waals surface area contributed by atoms with E-state index in [1.165, 1.54) is 6.33 Å². The molecule has 0 aliphatic heterocycles. The molecule has 0 saturated heterocycles. The van der Waals surface area contributed by atoms with Gasteiger partial charge in [-0.1, -0.05) is 12.1 Å². The summed E-state index contributed by atoms with van der Waals surface area (Å²) in [5.74, 6) is 0. The standard InChI is InChI=1S/C15H12N6/c16-7-13-3-4-14(9-19-13)18-8-12-1-5-15(6-2-12)21-11-17-10-20-21/h1-6,9-11,18H,8H2. The topological polar surface area (TPSA) is 79.4 Å². The number of nitriles is 1. The van der Waals surface area contributed by atoms with E-state index in [0.717, 1.165) is 16.9 Å². The fourth-order valence-electron chi connectivity index (χ4n) is 1.88. The lowest BCUT2D eigenvalue weighted by atomic mass is 10.2. The Bertz CT molecular complexity index is 738. The summed E-state index contributed by atoms with van der Waals surface area (Å²) in [4.78, 5) is 7.94. The Kier molecular flexibility index (Phi) is 3.56. The summed E-state index contributed by atoms with van der Waals surface area (Å²) in [5, 5.41) is 16.0. The fraction of sp³-hybridized carbons (Fsp3) is 0.0667. The highest BCUT2D eigenvalue weighted by Gasteiger charge is 1.99. The highest BCUT2D eigenvalue weighted by atomic mass is 15.3. The molecule has 0 atom stereocenters. The highest BCUT2D eigenvalue weighted by molar-refractivity contribution is 5.44. The van der Waals surface area contributed by atoms with Gasteiger partial charge in [-0.15, -0.1) is 0 Å². The number of nitrogens with zero attached hydrogens (tertiary/aromatic N) is 5. The molecule has 1 N–H and O–H groups in total. The second-order valence-electron chi connectivity index (χ2n) is 4.40. The number of pyridine rings is 1. The van der Waals surface area contributed by atoms with Gasteiger partial charge in [0.25, 0.3) is 0 Å². The van der Waals surface area contributed by atoms with Gasteiger partial charge < -0.3 is 5.32 Å². The molecule has 0 aliphatic carbocycles. The SMILES string of the molecule is N#Cc1ccc(NCc2ccc(-n3cncn3)cc2)cn1. The van der Waals surface area contributed by atoms with Gasteiger partial charge in [-0.05, 0) is 29.8 Å². The average Bonchev–Trinajstić information content (AvgIpc) is 3.08. The molecule has 0 aliphatic rings. The van der Waals surface area contributed by atoms with Crippen molar-refractivity contribution in [2.45, 2.75) is 6.54 Å². The average molecular weight is 276 g/mol. The van der Waals surface area contributed by atoms with E-state index in [1.807, 2.05) is 36.4 Å². The number of nitrogens with one attached hydrogen (secondary N) is 1. The monoisotopic (exact) mass is 276 g/mol. The first-order valence-electron chi connectivity index (χ1n) is 6.39. The minimum Gasteiger partial charge on any atom is -0.380 e. The summed E-state index contributed by atoms with van der Waals surface area (Å²) in [5.41, 5.74) is 3.41. The maximum atomic E-state index is 8.70. The van der Waals surface area contributed by atoms with Crippen molar-refractivity contribution in [2.75, 3.05) is 5.32 Å². The molecule has 0 unspecified atom stereocenters. The molecule has 3 rings (SSSR count). The maximum absolute atomic E-state index is 8.70. The number of hydrogen-bond acceptors (Lipinski definition) is 5. The van der Waals surface area contributed by atoms with Crippen LogP contribution < -0.4 is 5.32 Å². The van der Waals surface area contributed by atoms with Crippen molar-refractivity contribution in [3.63, 3.8) is 0 Å². The van der Waals surface area contributed by atoms with Crippen molar-refractivity contribution in [3.8, 4) is 11.8 Å². The second-order valence-corrected chi connectivity index (χ2v) is 4.40. The van der Waals surface area contributed by atoms with Crippen LogP contribution in [-0.2, 0) is 6.54 Å². The molecule has 0 fully saturated rings. The Morgan fingerprint density at radius 1 is 1.14 bits per heavy atom. The zero-order valence-corrected chi connectivity index (χ0v) is 11.1. The molecule has 2 heterocycles. The van der Waals surface area contributed by atoms with E-state index in [9.17, 15) is 0 Å². The molecule has 102 valence electrons. The van der Waals surface area contributed by atoms with E-state index < -0.39 is 0 Å². The third-order valence-corrected chi connectivity index (χ3v) is 2.99. The van der Waals surface area contributed by atoms with Crippen molar-refractivity contribution >= 4 is 5.69 Å². The third kappa shape index (κ3) is 3.04. The highest BCUT2D eigenvalue weighted by Crippen LogP contribution is 2.11. The summed E-state index contributed by atoms with van der Waals surface area (Å²) >= 11 is 0. The van der Waals surface area contributed by atoms with Gasteiger partial charge >= 0.3 is 0 Å². The van der Waals surface area contributed by atoms with Crippen LogP contribution in [0.3, 0.4) is 0 Å². The van der Waals surface area contributed by atoms with E-state index in [1.54, 1.807) is 23.3 Å². The van der Waals surface area contributed by atoms with E-state index in [0.29, 0.717) is 12.2 Å². The first kappa shape index (κ1) is 12.8. The van der Waals surface area contributed by atoms with Gasteiger partial charge in [0.2, 0.25) is 0 Å². The quantitative estimate of drug-likeness (QED) is 0.789. The van der Waals surface area contributed by atoms with Crippen LogP contribution in [0.4, 0.5) is 5.69 Å². The zero-order valence-electron chi connectivity index (χ0n) is 11.1. The predicted molar refractivity (Wildman–Crippen MR) is 77.6 cm³/mol. The Labute approximate surface area is 121 Å². The second kappa shape index (κ2) is 5.84. The van der Waals surface area contributed by atoms with Crippen LogP contribution >= 0.6 is 0 Å². The molecule has 1 aromatic carbocycles. The summed E-state index contributed by atoms with van der Waals surface area (Å²) in [6.07, 6.45) is 4.82. The van der Waals surface area contributed by atoms with Crippen molar-refractivity contribution in [1.29, 1.82) is 5.26 Å². The number of aromatic nitrogens is 4. The molecule has 0 spiro atoms. The van der Waals surface area contributed by atoms with Crippen LogP contribution in [0, 0.1) is 11.3 Å². The van der Waals surface area contributed by atoms with Gasteiger partial charge in [0.15, 0.2) is 0 Å². The Balaban J connectivity index is 1.64. The molecule has 0 bridgehead atoms. The number of rotatable bonds is 4. The summed E-state index contributed by atoms with van der Waals surface area (Å²) < 4.78 is 1.71. The van der Waals surface area contributed by atoms with Crippen LogP contribution in [0.5, 0.6) is 0 Å². The molecule has 0 amide bonds. The minimum atomic E-state index is 0.415. The number of anilines is 1. The van der Waals surface area contributed by atoms with E-state index in [2.05, 4.69) is 20.4 Å². The molecule has 0 saturated carbocycles. The van der Waals surface area contributed by atoms with Gasteiger partial charge in [0.1, 0.15) is 24.4 Å². The third-order valence-electron chi connectivity index (χ3n) is 2.99. The Morgan fingerprint density at radius 2 is 2.00 bits per heavy atom. The van der Waals surface area contributed by atoms with E-state index >= 15 is 0 Å². The summed E-state index contributed by atoms with van der Waals surface area (Å²) in [6, 6.07) is 13.6. The number of hydrogen-bond donors (Lipinski definition) is 1. The van der Waals surface area contributed by atoms with Crippen molar-refractivity contribution in [2.24, 2.45) is 0 Å². The van der Waals surface area contributed by atoms with Gasteiger partial charge in [-0.2, -0.15) is 10.4 Å². The molecular weight excluding hydrogens is 264 g/mol. The van der Waals surface area contributed by atoms with Crippen LogP contribution in [0.2, 0.25) is 0 Å². The van der Waals surface area contributed by atoms with E-state index in [-0.39, 0.29) is 0 Å². The van der Waals surface area contributed by atoms with Crippen LogP contribution in [0.25, 0.3) is 5.69 Å². The maximum Gasteiger partial charge on any atom is 0.140 e. The first-order chi connectivity index (χ1) is 10.3. The summed E-state index contributed by atoms with van der Waals surface area (Å²) in [7, 11) is 0. The van der Waals surface area contributed by atoms with Gasteiger partial charge in [0, 0.05) is 6.54 Å². The molecule has 3 aromatic rings. The van der Waals surface area contributed by atoms with Crippen molar-refractivity contribution < 1.29 is 0 Å². The number of benzene rings is 1. The molecule has 6 heteroatoms. The van der Waals surface area contributed by atoms with Gasteiger partial charge in [0.05, 0.1) is 17.6 Å². The molecular formula is C15H12N6. The van der Waals surface area contributed by atoms with E-state index in [4.69, 9.17) is 5.26 Å². The summed E-state index contributed by atoms with van der Waals surface area (Å²) in [6.45, 7) is 0.686. The molecule has 6 nitrogen and oxygen atoms in total. The van der Waals surface area contributed by atoms with Crippen LogP contribution in [0.1, 0.15) is 11.3 Å². The molecule has 21 heavy (non-hydrogen) atoms. The van der Waals surface area contributed by atoms with Crippen molar-refractivity contribution in [1.82, 2.24) is 19.7 Å². The smallest absolute Gasteiger partial charge is 0.140 e.